The summed E-state index contributed by atoms with van der Waals surface area (Å²) in [5.41, 5.74) is 1.56. The average Bonchev–Trinajstić information content (AvgIpc) is 2.31. The first-order valence-electron chi connectivity index (χ1n) is 5.70. The molecule has 0 spiro atoms. The van der Waals surface area contributed by atoms with Crippen LogP contribution in [0.3, 0.4) is 0 Å². The van der Waals surface area contributed by atoms with Crippen molar-refractivity contribution in [2.75, 3.05) is 13.1 Å². The van der Waals surface area contributed by atoms with Crippen LogP contribution < -0.4 is 10.6 Å². The van der Waals surface area contributed by atoms with Gasteiger partial charge in [0.1, 0.15) is 0 Å². The molecular weight excluding hydrogens is 202 g/mol. The summed E-state index contributed by atoms with van der Waals surface area (Å²) in [5.74, 6) is -0.0267. The highest BCUT2D eigenvalue weighted by molar-refractivity contribution is 5.94. The summed E-state index contributed by atoms with van der Waals surface area (Å²) in [4.78, 5) is 16.0. The Morgan fingerprint density at radius 1 is 1.56 bits per heavy atom. The van der Waals surface area contributed by atoms with Gasteiger partial charge in [0.05, 0.1) is 5.56 Å². The molecule has 0 bridgehead atoms. The zero-order chi connectivity index (χ0) is 11.4. The van der Waals surface area contributed by atoms with Crippen molar-refractivity contribution >= 4 is 5.91 Å². The van der Waals surface area contributed by atoms with Crippen molar-refractivity contribution in [1.82, 2.24) is 15.6 Å². The lowest BCUT2D eigenvalue weighted by molar-refractivity contribution is 0.0930. The van der Waals surface area contributed by atoms with Gasteiger partial charge in [-0.2, -0.15) is 0 Å². The molecule has 4 nitrogen and oxygen atoms in total. The molecule has 2 rings (SSSR count). The molecule has 0 aliphatic carbocycles. The number of nitrogens with zero attached hydrogens (tertiary/aromatic N) is 1. The summed E-state index contributed by atoms with van der Waals surface area (Å²) in [6.07, 6.45) is 3.80. The van der Waals surface area contributed by atoms with E-state index in [0.29, 0.717) is 5.56 Å². The normalized spacial score (nSPS) is 20.4. The summed E-state index contributed by atoms with van der Waals surface area (Å²) in [5, 5.41) is 6.28. The maximum absolute atomic E-state index is 11.8. The molecule has 4 heteroatoms. The van der Waals surface area contributed by atoms with Crippen LogP contribution >= 0.6 is 0 Å². The third kappa shape index (κ3) is 2.79. The van der Waals surface area contributed by atoms with E-state index in [1.807, 2.05) is 19.1 Å². The second kappa shape index (κ2) is 5.07. The van der Waals surface area contributed by atoms with E-state index >= 15 is 0 Å². The minimum absolute atomic E-state index is 0.0267. The van der Waals surface area contributed by atoms with Gasteiger partial charge in [0.15, 0.2) is 0 Å². The van der Waals surface area contributed by atoms with Crippen molar-refractivity contribution in [2.45, 2.75) is 25.8 Å². The van der Waals surface area contributed by atoms with Crippen LogP contribution in [0, 0.1) is 6.92 Å². The standard InChI is InChI=1S/C12H17N3O/c1-9-4-5-10(7-14-9)12(16)15-11-3-2-6-13-8-11/h4-5,7,11,13H,2-3,6,8H2,1H3,(H,15,16). The van der Waals surface area contributed by atoms with E-state index in [-0.39, 0.29) is 11.9 Å². The lowest BCUT2D eigenvalue weighted by Gasteiger charge is -2.23. The van der Waals surface area contributed by atoms with E-state index in [2.05, 4.69) is 15.6 Å². The molecule has 1 aromatic heterocycles. The molecule has 0 aromatic carbocycles. The quantitative estimate of drug-likeness (QED) is 0.776. The first kappa shape index (κ1) is 11.1. The van der Waals surface area contributed by atoms with Crippen LogP contribution in [0.5, 0.6) is 0 Å². The summed E-state index contributed by atoms with van der Waals surface area (Å²) in [6, 6.07) is 3.92. The monoisotopic (exact) mass is 219 g/mol. The van der Waals surface area contributed by atoms with E-state index in [4.69, 9.17) is 0 Å². The second-order valence-electron chi connectivity index (χ2n) is 4.20. The molecule has 1 unspecified atom stereocenters. The summed E-state index contributed by atoms with van der Waals surface area (Å²) >= 11 is 0. The molecule has 1 saturated heterocycles. The Bertz CT molecular complexity index is 355. The van der Waals surface area contributed by atoms with Gasteiger partial charge >= 0.3 is 0 Å². The molecule has 1 aliphatic rings. The molecule has 0 radical (unpaired) electrons. The van der Waals surface area contributed by atoms with Crippen LogP contribution in [-0.2, 0) is 0 Å². The van der Waals surface area contributed by atoms with Crippen LogP contribution in [0.4, 0.5) is 0 Å². The summed E-state index contributed by atoms with van der Waals surface area (Å²) < 4.78 is 0. The maximum Gasteiger partial charge on any atom is 0.253 e. The number of carbonyl (C=O) groups is 1. The van der Waals surface area contributed by atoms with E-state index in [9.17, 15) is 4.79 Å². The number of carbonyl (C=O) groups excluding carboxylic acids is 1. The third-order valence-corrected chi connectivity index (χ3v) is 2.81. The Kier molecular flexibility index (Phi) is 3.51. The van der Waals surface area contributed by atoms with Crippen molar-refractivity contribution in [3.05, 3.63) is 29.6 Å². The zero-order valence-electron chi connectivity index (χ0n) is 9.49. The Balaban J connectivity index is 1.94. The van der Waals surface area contributed by atoms with Gasteiger partial charge in [-0.1, -0.05) is 0 Å². The lowest BCUT2D eigenvalue weighted by Crippen LogP contribution is -2.45. The lowest BCUT2D eigenvalue weighted by atomic mass is 10.1. The fourth-order valence-corrected chi connectivity index (χ4v) is 1.85. The molecule has 86 valence electrons. The molecule has 2 N–H and O–H groups in total. The van der Waals surface area contributed by atoms with Crippen LogP contribution in [0.1, 0.15) is 28.9 Å². The SMILES string of the molecule is Cc1ccc(C(=O)NC2CCCNC2)cn1. The van der Waals surface area contributed by atoms with Crippen molar-refractivity contribution in [1.29, 1.82) is 0 Å². The van der Waals surface area contributed by atoms with Gasteiger partial charge in [-0.15, -0.1) is 0 Å². The minimum atomic E-state index is -0.0267. The van der Waals surface area contributed by atoms with Crippen molar-refractivity contribution < 1.29 is 4.79 Å². The highest BCUT2D eigenvalue weighted by atomic mass is 16.1. The number of nitrogens with one attached hydrogen (secondary N) is 2. The minimum Gasteiger partial charge on any atom is -0.348 e. The summed E-state index contributed by atoms with van der Waals surface area (Å²) in [6.45, 7) is 3.83. The fraction of sp³-hybridized carbons (Fsp3) is 0.500. The molecule has 16 heavy (non-hydrogen) atoms. The van der Waals surface area contributed by atoms with Gasteiger partial charge in [-0.25, -0.2) is 0 Å². The van der Waals surface area contributed by atoms with E-state index in [0.717, 1.165) is 31.6 Å². The smallest absolute Gasteiger partial charge is 0.253 e. The van der Waals surface area contributed by atoms with Gasteiger partial charge in [0, 0.05) is 24.5 Å². The fourth-order valence-electron chi connectivity index (χ4n) is 1.85. The maximum atomic E-state index is 11.8. The number of hydrogen-bond acceptors (Lipinski definition) is 3. The highest BCUT2D eigenvalue weighted by Gasteiger charge is 2.16. The molecule has 1 fully saturated rings. The number of piperidine rings is 1. The van der Waals surface area contributed by atoms with Gasteiger partial charge in [0.2, 0.25) is 0 Å². The Morgan fingerprint density at radius 3 is 3.06 bits per heavy atom. The number of hydrogen-bond donors (Lipinski definition) is 2. The van der Waals surface area contributed by atoms with Gasteiger partial charge in [0.25, 0.3) is 5.91 Å². The van der Waals surface area contributed by atoms with E-state index < -0.39 is 0 Å². The molecule has 2 heterocycles. The van der Waals surface area contributed by atoms with Gasteiger partial charge in [-0.05, 0) is 38.4 Å². The van der Waals surface area contributed by atoms with Crippen LogP contribution in [0.15, 0.2) is 18.3 Å². The number of pyridine rings is 1. The molecule has 0 saturated carbocycles. The van der Waals surface area contributed by atoms with E-state index in [1.165, 1.54) is 0 Å². The zero-order valence-corrected chi connectivity index (χ0v) is 9.49. The number of rotatable bonds is 2. The molecule has 1 amide bonds. The van der Waals surface area contributed by atoms with Crippen molar-refractivity contribution in [3.63, 3.8) is 0 Å². The van der Waals surface area contributed by atoms with Crippen LogP contribution in [0.25, 0.3) is 0 Å². The molecular formula is C12H17N3O. The number of aromatic nitrogens is 1. The summed E-state index contributed by atoms with van der Waals surface area (Å²) in [7, 11) is 0. The molecule has 1 atom stereocenters. The molecule has 1 aromatic rings. The van der Waals surface area contributed by atoms with Crippen molar-refractivity contribution in [3.8, 4) is 0 Å². The molecule has 1 aliphatic heterocycles. The topological polar surface area (TPSA) is 54.0 Å². The van der Waals surface area contributed by atoms with Crippen LogP contribution in [-0.4, -0.2) is 30.0 Å². The third-order valence-electron chi connectivity index (χ3n) is 2.81. The predicted molar refractivity (Wildman–Crippen MR) is 62.3 cm³/mol. The highest BCUT2D eigenvalue weighted by Crippen LogP contribution is 2.04. The first-order valence-corrected chi connectivity index (χ1v) is 5.70. The number of aryl methyl sites for hydroxylation is 1. The van der Waals surface area contributed by atoms with Crippen LogP contribution in [0.2, 0.25) is 0 Å². The predicted octanol–water partition coefficient (Wildman–Crippen LogP) is 0.872. The van der Waals surface area contributed by atoms with Gasteiger partial charge < -0.3 is 10.6 Å². The second-order valence-corrected chi connectivity index (χ2v) is 4.20. The Morgan fingerprint density at radius 2 is 2.44 bits per heavy atom. The van der Waals surface area contributed by atoms with E-state index in [1.54, 1.807) is 6.20 Å². The largest absolute Gasteiger partial charge is 0.348 e. The van der Waals surface area contributed by atoms with Crippen molar-refractivity contribution in [2.24, 2.45) is 0 Å². The number of amides is 1. The van der Waals surface area contributed by atoms with Gasteiger partial charge in [-0.3, -0.25) is 9.78 Å². The average molecular weight is 219 g/mol. The Hall–Kier alpha value is -1.42. The first-order chi connectivity index (χ1) is 7.75. The Labute approximate surface area is 95.5 Å².